The molecular weight excluding hydrogens is 942 g/mol. The van der Waals surface area contributed by atoms with Gasteiger partial charge in [-0.3, -0.25) is 0 Å². The summed E-state index contributed by atoms with van der Waals surface area (Å²) in [6.07, 6.45) is 17.0. The van der Waals surface area contributed by atoms with E-state index in [4.69, 9.17) is 0 Å². The summed E-state index contributed by atoms with van der Waals surface area (Å²) in [5, 5.41) is 5.61. The monoisotopic (exact) mass is 1000 g/mol. The fourth-order valence-electron chi connectivity index (χ4n) is 19.9. The van der Waals surface area contributed by atoms with Crippen molar-refractivity contribution in [1.82, 2.24) is 9.05 Å². The van der Waals surface area contributed by atoms with Crippen LogP contribution >= 0.6 is 0 Å². The highest BCUT2D eigenvalue weighted by molar-refractivity contribution is 6.90. The fraction of sp³-hybridized carbons (Fsp3) is 0.270. The lowest BCUT2D eigenvalue weighted by atomic mass is 9.45. The summed E-state index contributed by atoms with van der Waals surface area (Å²) in [5.41, 5.74) is 24.8. The van der Waals surface area contributed by atoms with Crippen molar-refractivity contribution in [2.45, 2.75) is 87.9 Å². The van der Waals surface area contributed by atoms with Crippen molar-refractivity contribution in [3.8, 4) is 39.1 Å². The fourth-order valence-corrected chi connectivity index (χ4v) is 19.9. The van der Waals surface area contributed by atoms with Gasteiger partial charge in [-0.05, 0) is 252 Å². The van der Waals surface area contributed by atoms with Gasteiger partial charge in [0.15, 0.2) is 0 Å². The summed E-state index contributed by atoms with van der Waals surface area (Å²) < 4.78 is 5.60. The molecule has 0 unspecified atom stereocenters. The van der Waals surface area contributed by atoms with Gasteiger partial charge in [-0.15, -0.1) is 0 Å². The highest BCUT2D eigenvalue weighted by Gasteiger charge is 2.54. The molecular formula is C74H62BN3. The Morgan fingerprint density at radius 1 is 0.372 bits per heavy atom. The van der Waals surface area contributed by atoms with Crippen molar-refractivity contribution >= 4 is 78.4 Å². The third kappa shape index (κ3) is 5.97. The molecule has 10 aliphatic rings. The van der Waals surface area contributed by atoms with E-state index in [1.54, 1.807) is 11.1 Å². The van der Waals surface area contributed by atoms with Crippen LogP contribution in [0.5, 0.6) is 0 Å². The van der Waals surface area contributed by atoms with Gasteiger partial charge in [0, 0.05) is 60.9 Å². The van der Waals surface area contributed by atoms with Crippen molar-refractivity contribution in [3.63, 3.8) is 0 Å². The van der Waals surface area contributed by atoms with Crippen molar-refractivity contribution in [2.24, 2.45) is 35.5 Å². The Kier molecular flexibility index (Phi) is 8.68. The molecule has 2 aromatic heterocycles. The summed E-state index contributed by atoms with van der Waals surface area (Å²) >= 11 is 0. The third-order valence-electron chi connectivity index (χ3n) is 22.1. The van der Waals surface area contributed by atoms with Crippen LogP contribution in [0.1, 0.15) is 88.2 Å². The van der Waals surface area contributed by atoms with E-state index >= 15 is 0 Å². The van der Waals surface area contributed by atoms with Gasteiger partial charge < -0.3 is 13.9 Å². The van der Waals surface area contributed by atoms with Crippen LogP contribution in [0.15, 0.2) is 194 Å². The smallest absolute Gasteiger partial charge is 0.333 e. The first-order chi connectivity index (χ1) is 38.5. The molecule has 376 valence electrons. The molecule has 2 aliphatic heterocycles. The summed E-state index contributed by atoms with van der Waals surface area (Å²) in [6, 6.07) is 75.8. The number of nitrogens with zero attached hydrogens (tertiary/aromatic N) is 3. The second-order valence-electron chi connectivity index (χ2n) is 26.5. The number of rotatable bonds is 7. The summed E-state index contributed by atoms with van der Waals surface area (Å²) in [4.78, 5) is 2.53. The Balaban J connectivity index is 0.962. The molecule has 0 radical (unpaired) electrons. The van der Waals surface area contributed by atoms with Gasteiger partial charge >= 0.3 is 6.85 Å². The highest BCUT2D eigenvalue weighted by atomic mass is 15.1. The van der Waals surface area contributed by atoms with E-state index in [2.05, 4.69) is 208 Å². The lowest BCUT2D eigenvalue weighted by molar-refractivity contribution is -0.00527. The summed E-state index contributed by atoms with van der Waals surface area (Å²) in [6.45, 7) is -0.0502. The molecule has 0 atom stereocenters. The zero-order valence-corrected chi connectivity index (χ0v) is 44.3. The molecule has 21 rings (SSSR count). The number of hydrogen-bond donors (Lipinski definition) is 0. The normalized spacial score (nSPS) is 26.4. The van der Waals surface area contributed by atoms with Crippen LogP contribution < -0.4 is 15.8 Å². The first kappa shape index (κ1) is 43.4. The molecule has 4 heterocycles. The predicted molar refractivity (Wildman–Crippen MR) is 325 cm³/mol. The molecule has 0 amide bonds. The van der Waals surface area contributed by atoms with Gasteiger partial charge in [-0.1, -0.05) is 115 Å². The minimum Gasteiger partial charge on any atom is -0.375 e. The molecule has 78 heavy (non-hydrogen) atoms. The van der Waals surface area contributed by atoms with Crippen LogP contribution in [0.2, 0.25) is 0 Å². The van der Waals surface area contributed by atoms with E-state index < -0.39 is 0 Å². The largest absolute Gasteiger partial charge is 0.375 e. The van der Waals surface area contributed by atoms with E-state index in [0.29, 0.717) is 5.41 Å². The molecule has 0 spiro atoms. The highest BCUT2D eigenvalue weighted by Crippen LogP contribution is 2.63. The Morgan fingerprint density at radius 2 is 0.872 bits per heavy atom. The Morgan fingerprint density at radius 3 is 1.47 bits per heavy atom. The van der Waals surface area contributed by atoms with E-state index in [0.717, 1.165) is 35.5 Å². The predicted octanol–water partition coefficient (Wildman–Crippen LogP) is 17.6. The van der Waals surface area contributed by atoms with E-state index in [-0.39, 0.29) is 12.3 Å². The van der Waals surface area contributed by atoms with Crippen LogP contribution in [-0.4, -0.2) is 15.9 Å². The average Bonchev–Trinajstić information content (AvgIpc) is 3.16. The molecule has 3 nitrogen and oxygen atoms in total. The Hall–Kier alpha value is -7.56. The van der Waals surface area contributed by atoms with E-state index in [1.807, 2.05) is 0 Å². The van der Waals surface area contributed by atoms with Gasteiger partial charge in [-0.25, -0.2) is 0 Å². The molecule has 11 aromatic rings. The maximum Gasteiger partial charge on any atom is 0.333 e. The maximum absolute atomic E-state index is 2.89. The third-order valence-corrected chi connectivity index (χ3v) is 22.1. The maximum atomic E-state index is 2.89. The number of hydrogen-bond acceptors (Lipinski definition) is 1. The van der Waals surface area contributed by atoms with E-state index in [1.165, 1.54) is 188 Å². The van der Waals surface area contributed by atoms with Crippen LogP contribution in [0.3, 0.4) is 0 Å². The number of aromatic nitrogens is 2. The van der Waals surface area contributed by atoms with Crippen LogP contribution in [-0.2, 0) is 10.8 Å². The van der Waals surface area contributed by atoms with Crippen molar-refractivity contribution in [2.75, 3.05) is 4.90 Å². The van der Waals surface area contributed by atoms with Crippen molar-refractivity contribution in [3.05, 3.63) is 205 Å². The van der Waals surface area contributed by atoms with Gasteiger partial charge in [-0.2, -0.15) is 0 Å². The second kappa shape index (κ2) is 15.6. The number of para-hydroxylation sites is 2. The van der Waals surface area contributed by atoms with Gasteiger partial charge in [0.1, 0.15) is 0 Å². The standard InChI is InChI=1S/C74H62BN3/c1-5-13-51(14-6-1)53-21-23-67-60(31-53)63-32-54(52-15-7-2-8-16-52)33-66-72(63)77(67)69-38-59(76(57-17-9-3-10-18-57)58-19-11-4-12-20-58)37-62-65-36-56(74-42-48-28-49(43-74)30-50(29-48)44-74)35-64-61-34-55(22-24-68(61)78(71(64)65)75(66)70(62)69)73-39-45-25-46(40-73)27-47(26-45)41-73/h1-24,31-38,45-50H,25-30,39-44H2. The molecule has 4 heteroatoms. The van der Waals surface area contributed by atoms with Crippen LogP contribution in [0.25, 0.3) is 82.7 Å². The zero-order valence-electron chi connectivity index (χ0n) is 44.3. The van der Waals surface area contributed by atoms with Crippen molar-refractivity contribution < 1.29 is 0 Å². The summed E-state index contributed by atoms with van der Waals surface area (Å²) in [5.74, 6) is 5.28. The molecule has 8 fully saturated rings. The number of fused-ring (bicyclic) bond motifs is 10. The number of anilines is 3. The molecule has 9 aromatic carbocycles. The zero-order chi connectivity index (χ0) is 50.6. The molecule has 8 aliphatic carbocycles. The Bertz CT molecular complexity index is 4230. The lowest BCUT2D eigenvalue weighted by Crippen LogP contribution is -2.55. The Labute approximate surface area is 457 Å². The summed E-state index contributed by atoms with van der Waals surface area (Å²) in [7, 11) is 0. The second-order valence-corrected chi connectivity index (χ2v) is 26.5. The number of benzene rings is 9. The minimum absolute atomic E-state index is 0.0502. The van der Waals surface area contributed by atoms with Gasteiger partial charge in [0.2, 0.25) is 0 Å². The minimum atomic E-state index is -0.0502. The van der Waals surface area contributed by atoms with E-state index in [9.17, 15) is 0 Å². The van der Waals surface area contributed by atoms with Gasteiger partial charge in [0.25, 0.3) is 0 Å². The topological polar surface area (TPSA) is 13.1 Å². The first-order valence-electron chi connectivity index (χ1n) is 29.9. The molecule has 8 saturated carbocycles. The van der Waals surface area contributed by atoms with Gasteiger partial charge in [0.05, 0.1) is 11.0 Å². The molecule has 8 bridgehead atoms. The SMILES string of the molecule is c1ccc(-c2ccc3c(c2)c2cc(-c4ccccc4)cc4c2n3-c2cc(N(c3ccccc3)c3ccccc3)cc3c2B4n2c4ccc(C56CC7CC(CC(C7)C5)C6)cc4c4cc(C56CC7CC(CC(C7)C5)C6)cc-3c42)cc1. The molecule has 0 N–H and O–H groups in total. The lowest BCUT2D eigenvalue weighted by Gasteiger charge is -2.57. The van der Waals surface area contributed by atoms with Crippen molar-refractivity contribution in [1.29, 1.82) is 0 Å². The average molecular weight is 1000 g/mol. The van der Waals surface area contributed by atoms with Crippen LogP contribution in [0, 0.1) is 35.5 Å². The first-order valence-corrected chi connectivity index (χ1v) is 29.9. The molecule has 0 saturated heterocycles. The quantitative estimate of drug-likeness (QED) is 0.145. The van der Waals surface area contributed by atoms with Crippen LogP contribution in [0.4, 0.5) is 17.1 Å².